The zero-order valence-electron chi connectivity index (χ0n) is 16.0. The Bertz CT molecular complexity index is 892. The van der Waals surface area contributed by atoms with E-state index in [0.29, 0.717) is 18.7 Å². The Kier molecular flexibility index (Phi) is 7.01. The van der Waals surface area contributed by atoms with Crippen molar-refractivity contribution >= 4 is 27.7 Å². The largest absolute Gasteiger partial charge is 0.411 e. The zero-order valence-corrected chi connectivity index (χ0v) is 17.7. The SMILES string of the molecule is CCN(CC)S(=O)(=O)c1cccc(-c2nnc(S[C@H](C)C(=O)N(C)C)o2)c1. The van der Waals surface area contributed by atoms with Gasteiger partial charge in [0.1, 0.15) is 0 Å². The van der Waals surface area contributed by atoms with Crippen LogP contribution in [0.4, 0.5) is 0 Å². The fourth-order valence-corrected chi connectivity index (χ4v) is 4.77. The van der Waals surface area contributed by atoms with Crippen LogP contribution >= 0.6 is 11.8 Å². The molecule has 0 saturated heterocycles. The first-order valence-electron chi connectivity index (χ1n) is 8.52. The molecule has 0 aliphatic rings. The molecule has 1 heterocycles. The molecule has 0 spiro atoms. The molecule has 27 heavy (non-hydrogen) atoms. The number of carbonyl (C=O) groups excluding carboxylic acids is 1. The molecule has 2 aromatic rings. The van der Waals surface area contributed by atoms with Crippen molar-refractivity contribution in [2.75, 3.05) is 27.2 Å². The van der Waals surface area contributed by atoms with Gasteiger partial charge in [-0.3, -0.25) is 4.79 Å². The van der Waals surface area contributed by atoms with Crippen LogP contribution in [-0.4, -0.2) is 66.2 Å². The predicted molar refractivity (Wildman–Crippen MR) is 104 cm³/mol. The van der Waals surface area contributed by atoms with Gasteiger partial charge in [0.05, 0.1) is 10.1 Å². The van der Waals surface area contributed by atoms with E-state index in [1.807, 2.05) is 0 Å². The minimum atomic E-state index is -3.58. The smallest absolute Gasteiger partial charge is 0.277 e. The predicted octanol–water partition coefficient (Wildman–Crippen LogP) is 2.34. The number of nitrogens with zero attached hydrogens (tertiary/aromatic N) is 4. The van der Waals surface area contributed by atoms with E-state index in [1.165, 1.54) is 15.3 Å². The number of hydrogen-bond acceptors (Lipinski definition) is 7. The highest BCUT2D eigenvalue weighted by Gasteiger charge is 2.23. The van der Waals surface area contributed by atoms with E-state index in [9.17, 15) is 13.2 Å². The maximum atomic E-state index is 12.7. The van der Waals surface area contributed by atoms with Crippen molar-refractivity contribution in [3.8, 4) is 11.5 Å². The van der Waals surface area contributed by atoms with E-state index in [2.05, 4.69) is 10.2 Å². The van der Waals surface area contributed by atoms with Gasteiger partial charge < -0.3 is 9.32 Å². The third kappa shape index (κ3) is 4.88. The molecule has 0 aliphatic heterocycles. The molecule has 148 valence electrons. The van der Waals surface area contributed by atoms with Crippen molar-refractivity contribution in [1.29, 1.82) is 0 Å². The highest BCUT2D eigenvalue weighted by atomic mass is 32.2. The molecular weight excluding hydrogens is 388 g/mol. The van der Waals surface area contributed by atoms with E-state index < -0.39 is 10.0 Å². The monoisotopic (exact) mass is 412 g/mol. The van der Waals surface area contributed by atoms with Crippen LogP contribution in [0.2, 0.25) is 0 Å². The number of aromatic nitrogens is 2. The minimum Gasteiger partial charge on any atom is -0.411 e. The van der Waals surface area contributed by atoms with Crippen molar-refractivity contribution in [2.45, 2.75) is 36.1 Å². The molecule has 0 saturated carbocycles. The van der Waals surface area contributed by atoms with Crippen molar-refractivity contribution in [3.05, 3.63) is 24.3 Å². The summed E-state index contributed by atoms with van der Waals surface area (Å²) in [4.78, 5) is 13.6. The van der Waals surface area contributed by atoms with E-state index in [1.54, 1.807) is 53.1 Å². The second kappa shape index (κ2) is 8.85. The van der Waals surface area contributed by atoms with Crippen LogP contribution in [0, 0.1) is 0 Å². The summed E-state index contributed by atoms with van der Waals surface area (Å²) >= 11 is 1.16. The maximum Gasteiger partial charge on any atom is 0.277 e. The second-order valence-corrected chi connectivity index (χ2v) is 9.21. The lowest BCUT2D eigenvalue weighted by molar-refractivity contribution is -0.127. The molecule has 0 aliphatic carbocycles. The van der Waals surface area contributed by atoms with Gasteiger partial charge in [-0.05, 0) is 25.1 Å². The summed E-state index contributed by atoms with van der Waals surface area (Å²) in [6, 6.07) is 6.41. The molecule has 0 unspecified atom stereocenters. The van der Waals surface area contributed by atoms with E-state index in [-0.39, 0.29) is 27.2 Å². The van der Waals surface area contributed by atoms with Crippen LogP contribution in [0.3, 0.4) is 0 Å². The molecular formula is C17H24N4O4S2. The average Bonchev–Trinajstić information content (AvgIpc) is 3.10. The number of sulfonamides is 1. The van der Waals surface area contributed by atoms with Gasteiger partial charge in [-0.1, -0.05) is 31.7 Å². The molecule has 0 fully saturated rings. The summed E-state index contributed by atoms with van der Waals surface area (Å²) in [6.07, 6.45) is 0. The average molecular weight is 413 g/mol. The summed E-state index contributed by atoms with van der Waals surface area (Å²) in [5.41, 5.74) is 0.508. The van der Waals surface area contributed by atoms with Crippen LogP contribution in [0.5, 0.6) is 0 Å². The third-order valence-electron chi connectivity index (χ3n) is 3.90. The molecule has 2 rings (SSSR count). The second-order valence-electron chi connectivity index (χ2n) is 5.98. The van der Waals surface area contributed by atoms with Gasteiger partial charge in [-0.25, -0.2) is 8.42 Å². The van der Waals surface area contributed by atoms with Crippen molar-refractivity contribution in [1.82, 2.24) is 19.4 Å². The van der Waals surface area contributed by atoms with Crippen LogP contribution in [0.1, 0.15) is 20.8 Å². The van der Waals surface area contributed by atoms with Crippen LogP contribution < -0.4 is 0 Å². The standard InChI is InChI=1S/C17H24N4O4S2/c1-6-21(7-2)27(23,24)14-10-8-9-13(11-14)15-18-19-17(25-15)26-12(3)16(22)20(4)5/h8-12H,6-7H2,1-5H3/t12-/m1/s1. The van der Waals surface area contributed by atoms with Crippen LogP contribution in [-0.2, 0) is 14.8 Å². The lowest BCUT2D eigenvalue weighted by Crippen LogP contribution is -2.30. The summed E-state index contributed by atoms with van der Waals surface area (Å²) in [7, 11) is -0.215. The highest BCUT2D eigenvalue weighted by molar-refractivity contribution is 8.00. The van der Waals surface area contributed by atoms with Crippen LogP contribution in [0.15, 0.2) is 38.8 Å². The Morgan fingerprint density at radius 2 is 1.89 bits per heavy atom. The summed E-state index contributed by atoms with van der Waals surface area (Å²) < 4.78 is 32.4. The Morgan fingerprint density at radius 1 is 1.22 bits per heavy atom. The van der Waals surface area contributed by atoms with Gasteiger partial charge in [0.25, 0.3) is 5.22 Å². The summed E-state index contributed by atoms with van der Waals surface area (Å²) in [5, 5.41) is 7.81. The first-order chi connectivity index (χ1) is 12.7. The molecule has 8 nitrogen and oxygen atoms in total. The third-order valence-corrected chi connectivity index (χ3v) is 6.86. The van der Waals surface area contributed by atoms with Gasteiger partial charge in [-0.15, -0.1) is 10.2 Å². The molecule has 0 bridgehead atoms. The molecule has 1 amide bonds. The maximum absolute atomic E-state index is 12.7. The van der Waals surface area contributed by atoms with Crippen molar-refractivity contribution < 1.29 is 17.6 Å². The van der Waals surface area contributed by atoms with Crippen molar-refractivity contribution in [3.63, 3.8) is 0 Å². The lowest BCUT2D eigenvalue weighted by Gasteiger charge is -2.18. The lowest BCUT2D eigenvalue weighted by atomic mass is 10.2. The Morgan fingerprint density at radius 3 is 2.48 bits per heavy atom. The first kappa shape index (κ1) is 21.4. The highest BCUT2D eigenvalue weighted by Crippen LogP contribution is 2.28. The van der Waals surface area contributed by atoms with E-state index in [0.717, 1.165) is 11.8 Å². The Balaban J connectivity index is 2.26. The number of benzene rings is 1. The fraction of sp³-hybridized carbons (Fsp3) is 0.471. The quantitative estimate of drug-likeness (QED) is 0.614. The van der Waals surface area contributed by atoms with Gasteiger partial charge in [-0.2, -0.15) is 4.31 Å². The number of rotatable bonds is 8. The first-order valence-corrected chi connectivity index (χ1v) is 10.8. The molecule has 1 aromatic heterocycles. The molecule has 1 atom stereocenters. The van der Waals surface area contributed by atoms with Crippen molar-refractivity contribution in [2.24, 2.45) is 0 Å². The number of amides is 1. The Labute approximate surface area is 164 Å². The fourth-order valence-electron chi connectivity index (χ4n) is 2.44. The number of hydrogen-bond donors (Lipinski definition) is 0. The van der Waals surface area contributed by atoms with Gasteiger partial charge >= 0.3 is 0 Å². The number of thioether (sulfide) groups is 1. The minimum absolute atomic E-state index is 0.0629. The Hall–Kier alpha value is -1.91. The van der Waals surface area contributed by atoms with Crippen LogP contribution in [0.25, 0.3) is 11.5 Å². The molecule has 10 heteroatoms. The summed E-state index contributed by atoms with van der Waals surface area (Å²) in [6.45, 7) is 6.13. The normalized spacial score (nSPS) is 13.0. The number of carbonyl (C=O) groups is 1. The van der Waals surface area contributed by atoms with Gasteiger partial charge in [0.2, 0.25) is 21.8 Å². The summed E-state index contributed by atoms with van der Waals surface area (Å²) in [5.74, 6) is 0.144. The zero-order chi connectivity index (χ0) is 20.2. The molecule has 0 N–H and O–H groups in total. The topological polar surface area (TPSA) is 96.6 Å². The van der Waals surface area contributed by atoms with Gasteiger partial charge in [0.15, 0.2) is 0 Å². The van der Waals surface area contributed by atoms with E-state index >= 15 is 0 Å². The molecule has 0 radical (unpaired) electrons. The van der Waals surface area contributed by atoms with Gasteiger partial charge in [0, 0.05) is 32.7 Å². The van der Waals surface area contributed by atoms with E-state index in [4.69, 9.17) is 4.42 Å². The molecule has 1 aromatic carbocycles.